The molecule has 6 heteroatoms. The fourth-order valence-corrected chi connectivity index (χ4v) is 8.31. The zero-order valence-electron chi connectivity index (χ0n) is 17.3. The van der Waals surface area contributed by atoms with Gasteiger partial charge in [0.25, 0.3) is 0 Å². The van der Waals surface area contributed by atoms with E-state index in [1.165, 1.54) is 19.3 Å². The van der Waals surface area contributed by atoms with E-state index in [-0.39, 0.29) is 33.1 Å². The Morgan fingerprint density at radius 2 is 1.57 bits per heavy atom. The number of carbonyl (C=O) groups is 1. The maximum Gasteiger partial charge on any atom is 0.240 e. The van der Waals surface area contributed by atoms with Crippen molar-refractivity contribution in [3.63, 3.8) is 0 Å². The van der Waals surface area contributed by atoms with Crippen molar-refractivity contribution in [3.05, 3.63) is 24.3 Å². The van der Waals surface area contributed by atoms with Gasteiger partial charge >= 0.3 is 0 Å². The average Bonchev–Trinajstić information content (AvgIpc) is 2.50. The SMILES string of the molecule is CC(C)NS(=O)(=O)c1ccc(NC(=O)C23CC4CC(C)(CC(C)(C4)C2)C3)cc1. The van der Waals surface area contributed by atoms with Crippen molar-refractivity contribution < 1.29 is 13.2 Å². The molecule has 4 aliphatic rings. The van der Waals surface area contributed by atoms with Crippen LogP contribution in [0.25, 0.3) is 0 Å². The Hall–Kier alpha value is -1.40. The van der Waals surface area contributed by atoms with Crippen molar-refractivity contribution in [1.82, 2.24) is 4.72 Å². The molecule has 0 spiro atoms. The Balaban J connectivity index is 1.52. The molecule has 1 amide bonds. The maximum absolute atomic E-state index is 13.3. The Morgan fingerprint density at radius 1 is 1.00 bits per heavy atom. The van der Waals surface area contributed by atoms with Gasteiger partial charge < -0.3 is 5.32 Å². The summed E-state index contributed by atoms with van der Waals surface area (Å²) < 4.78 is 27.1. The van der Waals surface area contributed by atoms with E-state index in [4.69, 9.17) is 0 Å². The molecule has 2 N–H and O–H groups in total. The lowest BCUT2D eigenvalue weighted by Gasteiger charge is -2.64. The van der Waals surface area contributed by atoms with Crippen LogP contribution in [0.15, 0.2) is 29.2 Å². The molecule has 2 atom stereocenters. The molecular weight excluding hydrogens is 372 g/mol. The van der Waals surface area contributed by atoms with Gasteiger partial charge in [-0.1, -0.05) is 13.8 Å². The molecule has 28 heavy (non-hydrogen) atoms. The van der Waals surface area contributed by atoms with Crippen LogP contribution in [-0.2, 0) is 14.8 Å². The molecule has 0 radical (unpaired) electrons. The van der Waals surface area contributed by atoms with Crippen LogP contribution in [0.2, 0.25) is 0 Å². The fraction of sp³-hybridized carbons (Fsp3) is 0.682. The molecule has 154 valence electrons. The second-order valence-corrected chi connectivity index (χ2v) is 12.4. The second-order valence-electron chi connectivity index (χ2n) is 10.7. The van der Waals surface area contributed by atoms with Gasteiger partial charge in [0.05, 0.1) is 10.3 Å². The molecule has 2 unspecified atom stereocenters. The van der Waals surface area contributed by atoms with E-state index in [9.17, 15) is 13.2 Å². The first-order valence-corrected chi connectivity index (χ1v) is 11.9. The number of amides is 1. The largest absolute Gasteiger partial charge is 0.326 e. The van der Waals surface area contributed by atoms with Gasteiger partial charge in [-0.25, -0.2) is 13.1 Å². The van der Waals surface area contributed by atoms with Crippen LogP contribution in [-0.4, -0.2) is 20.4 Å². The molecule has 5 nitrogen and oxygen atoms in total. The van der Waals surface area contributed by atoms with Crippen molar-refractivity contribution in [2.45, 2.75) is 77.2 Å². The predicted molar refractivity (Wildman–Crippen MR) is 110 cm³/mol. The van der Waals surface area contributed by atoms with E-state index >= 15 is 0 Å². The van der Waals surface area contributed by atoms with Gasteiger partial charge in [0.1, 0.15) is 0 Å². The highest BCUT2D eigenvalue weighted by atomic mass is 32.2. The molecule has 1 aromatic rings. The minimum atomic E-state index is -3.52. The van der Waals surface area contributed by atoms with Crippen molar-refractivity contribution in [1.29, 1.82) is 0 Å². The van der Waals surface area contributed by atoms with Crippen LogP contribution in [0.3, 0.4) is 0 Å². The molecule has 0 aliphatic heterocycles. The first-order valence-electron chi connectivity index (χ1n) is 10.4. The van der Waals surface area contributed by atoms with Crippen LogP contribution >= 0.6 is 0 Å². The lowest BCUT2D eigenvalue weighted by molar-refractivity contribution is -0.165. The van der Waals surface area contributed by atoms with Crippen LogP contribution in [0.5, 0.6) is 0 Å². The van der Waals surface area contributed by atoms with Crippen molar-refractivity contribution in [2.24, 2.45) is 22.2 Å². The molecule has 0 saturated heterocycles. The zero-order valence-corrected chi connectivity index (χ0v) is 18.2. The number of hydrogen-bond acceptors (Lipinski definition) is 3. The highest BCUT2D eigenvalue weighted by Crippen LogP contribution is 2.69. The van der Waals surface area contributed by atoms with Crippen molar-refractivity contribution in [2.75, 3.05) is 5.32 Å². The van der Waals surface area contributed by atoms with Gasteiger partial charge in [-0.15, -0.1) is 0 Å². The van der Waals surface area contributed by atoms with E-state index in [0.717, 1.165) is 19.3 Å². The first-order chi connectivity index (χ1) is 12.9. The Labute approximate surface area is 168 Å². The summed E-state index contributed by atoms with van der Waals surface area (Å²) in [6, 6.07) is 6.34. The quantitative estimate of drug-likeness (QED) is 0.768. The summed E-state index contributed by atoms with van der Waals surface area (Å²) in [7, 11) is -3.52. The lowest BCUT2D eigenvalue weighted by Crippen LogP contribution is -2.58. The molecule has 0 aromatic heterocycles. The van der Waals surface area contributed by atoms with E-state index in [1.807, 2.05) is 0 Å². The molecule has 4 bridgehead atoms. The van der Waals surface area contributed by atoms with Gasteiger partial charge in [-0.2, -0.15) is 0 Å². The molecular formula is C22H32N2O3S. The second kappa shape index (κ2) is 6.30. The van der Waals surface area contributed by atoms with Gasteiger partial charge in [-0.05, 0) is 93.4 Å². The maximum atomic E-state index is 13.3. The van der Waals surface area contributed by atoms with Gasteiger partial charge in [0.2, 0.25) is 15.9 Å². The van der Waals surface area contributed by atoms with Gasteiger partial charge in [0.15, 0.2) is 0 Å². The highest BCUT2D eigenvalue weighted by molar-refractivity contribution is 7.89. The van der Waals surface area contributed by atoms with Crippen LogP contribution < -0.4 is 10.0 Å². The number of nitrogens with one attached hydrogen (secondary N) is 2. The summed E-state index contributed by atoms with van der Waals surface area (Å²) in [5, 5.41) is 3.10. The van der Waals surface area contributed by atoms with E-state index in [2.05, 4.69) is 23.9 Å². The average molecular weight is 405 g/mol. The summed E-state index contributed by atoms with van der Waals surface area (Å²) in [6.07, 6.45) is 6.70. The number of rotatable bonds is 5. The normalized spacial score (nSPS) is 36.7. The standard InChI is InChI=1S/C22H32N2O3S/c1-15(2)24-28(26,27)18-7-5-17(6-8-18)23-19(25)22-11-16-9-20(3,13-22)12-21(4,10-16)14-22/h5-8,15-16,24H,9-14H2,1-4H3,(H,23,25). The number of sulfonamides is 1. The van der Waals surface area contributed by atoms with E-state index in [0.29, 0.717) is 11.6 Å². The van der Waals surface area contributed by atoms with E-state index in [1.54, 1.807) is 38.1 Å². The summed E-state index contributed by atoms with van der Waals surface area (Å²) in [4.78, 5) is 13.6. The highest BCUT2D eigenvalue weighted by Gasteiger charge is 2.62. The number of benzene rings is 1. The molecule has 4 aliphatic carbocycles. The molecule has 4 fully saturated rings. The van der Waals surface area contributed by atoms with Crippen LogP contribution in [0.1, 0.15) is 66.2 Å². The monoisotopic (exact) mass is 404 g/mol. The number of anilines is 1. The fourth-order valence-electron chi connectivity index (χ4n) is 7.06. The minimum absolute atomic E-state index is 0.116. The molecule has 5 rings (SSSR count). The number of hydrogen-bond donors (Lipinski definition) is 2. The van der Waals surface area contributed by atoms with E-state index < -0.39 is 10.0 Å². The molecule has 4 saturated carbocycles. The predicted octanol–water partition coefficient (Wildman–Crippen LogP) is 4.31. The van der Waals surface area contributed by atoms with Gasteiger partial charge in [-0.3, -0.25) is 4.79 Å². The lowest BCUT2D eigenvalue weighted by atomic mass is 9.40. The Morgan fingerprint density at radius 3 is 2.07 bits per heavy atom. The minimum Gasteiger partial charge on any atom is -0.326 e. The molecule has 1 aromatic carbocycles. The number of carbonyl (C=O) groups excluding carboxylic acids is 1. The smallest absolute Gasteiger partial charge is 0.240 e. The summed E-state index contributed by atoms with van der Waals surface area (Å²) in [5.41, 5.74) is 0.963. The first kappa shape index (κ1) is 19.9. The third-order valence-electron chi connectivity index (χ3n) is 6.92. The zero-order chi connectivity index (χ0) is 20.4. The summed E-state index contributed by atoms with van der Waals surface area (Å²) >= 11 is 0. The third kappa shape index (κ3) is 3.50. The van der Waals surface area contributed by atoms with Crippen molar-refractivity contribution >= 4 is 21.6 Å². The van der Waals surface area contributed by atoms with Crippen molar-refractivity contribution in [3.8, 4) is 0 Å². The Kier molecular flexibility index (Phi) is 4.47. The van der Waals surface area contributed by atoms with Gasteiger partial charge in [0, 0.05) is 11.7 Å². The summed E-state index contributed by atoms with van der Waals surface area (Å²) in [5.74, 6) is 0.775. The Bertz CT molecular complexity index is 873. The molecule has 0 heterocycles. The van der Waals surface area contributed by atoms with Crippen LogP contribution in [0, 0.1) is 22.2 Å². The van der Waals surface area contributed by atoms with Crippen LogP contribution in [0.4, 0.5) is 5.69 Å². The topological polar surface area (TPSA) is 75.3 Å². The third-order valence-corrected chi connectivity index (χ3v) is 8.60. The summed E-state index contributed by atoms with van der Waals surface area (Å²) in [6.45, 7) is 8.30.